The lowest BCUT2D eigenvalue weighted by Gasteiger charge is -2.25. The number of nitrogens with one attached hydrogen (secondary N) is 2. The van der Waals surface area contributed by atoms with Gasteiger partial charge in [-0.2, -0.15) is 26.3 Å². The first kappa shape index (κ1) is 25.1. The molecule has 0 spiro atoms. The summed E-state index contributed by atoms with van der Waals surface area (Å²) in [6.45, 7) is 1.45. The minimum atomic E-state index is -4.99. The van der Waals surface area contributed by atoms with Gasteiger partial charge in [-0.05, 0) is 42.8 Å². The molecule has 0 aliphatic carbocycles. The van der Waals surface area contributed by atoms with Gasteiger partial charge in [-0.1, -0.05) is 12.1 Å². The molecule has 0 unspecified atom stereocenters. The third-order valence-corrected chi connectivity index (χ3v) is 5.90. The molecule has 5 rings (SSSR count). The smallest absolute Gasteiger partial charge is 0.353 e. The van der Waals surface area contributed by atoms with Crippen LogP contribution in [0.25, 0.3) is 33.2 Å². The molecule has 0 aliphatic heterocycles. The predicted molar refractivity (Wildman–Crippen MR) is 127 cm³/mol. The summed E-state index contributed by atoms with van der Waals surface area (Å²) in [4.78, 5) is 31.1. The number of para-hydroxylation sites is 1. The van der Waals surface area contributed by atoms with Crippen LogP contribution in [0, 0.1) is 6.92 Å². The minimum Gasteiger partial charge on any atom is -0.353 e. The Labute approximate surface area is 209 Å². The van der Waals surface area contributed by atoms with Gasteiger partial charge in [-0.25, -0.2) is 15.0 Å². The Bertz CT molecular complexity index is 1730. The largest absolute Gasteiger partial charge is 0.418 e. The lowest BCUT2D eigenvalue weighted by atomic mass is 9.95. The number of halogens is 6. The van der Waals surface area contributed by atoms with Crippen LogP contribution in [0.2, 0.25) is 0 Å². The van der Waals surface area contributed by atoms with Gasteiger partial charge in [0.15, 0.2) is 11.9 Å². The molecule has 0 amide bonds. The van der Waals surface area contributed by atoms with Crippen LogP contribution in [0.1, 0.15) is 22.7 Å². The maximum Gasteiger partial charge on any atom is 0.418 e. The molecule has 13 heteroatoms. The molecule has 38 heavy (non-hydrogen) atoms. The summed E-state index contributed by atoms with van der Waals surface area (Å²) < 4.78 is 85.2. The Kier molecular flexibility index (Phi) is 6.00. The highest BCUT2D eigenvalue weighted by atomic mass is 19.4. The molecule has 4 aromatic heterocycles. The third-order valence-electron chi connectivity index (χ3n) is 5.90. The van der Waals surface area contributed by atoms with E-state index in [4.69, 9.17) is 0 Å². The van der Waals surface area contributed by atoms with E-state index in [9.17, 15) is 31.1 Å². The van der Waals surface area contributed by atoms with E-state index in [-0.39, 0.29) is 33.4 Å². The minimum absolute atomic E-state index is 0.0487. The standard InChI is InChI=1S/C25H16F6N6O/c1-12-7-9-33-23(38)17(12)19-14(10-13-4-2-5-15(18(13)36-19)24(26,27)28)21(25(29,30)31)37-22-20-16(34-11-35-22)6-3-8-32-20/h2-11,21H,1H3,(H,33,38)(H,34,35,37)/t21-/m1/s1. The molecule has 0 saturated carbocycles. The van der Waals surface area contributed by atoms with Crippen LogP contribution >= 0.6 is 0 Å². The second kappa shape index (κ2) is 9.08. The van der Waals surface area contributed by atoms with Crippen LogP contribution in [-0.2, 0) is 6.18 Å². The summed E-state index contributed by atoms with van der Waals surface area (Å²) in [7, 11) is 0. The van der Waals surface area contributed by atoms with Crippen molar-refractivity contribution < 1.29 is 26.3 Å². The molecule has 194 valence electrons. The number of rotatable bonds is 4. The maximum atomic E-state index is 14.6. The van der Waals surface area contributed by atoms with Crippen LogP contribution < -0.4 is 10.9 Å². The van der Waals surface area contributed by atoms with Gasteiger partial charge in [0.05, 0.1) is 27.9 Å². The molecule has 0 saturated heterocycles. The number of aromatic nitrogens is 5. The second-order valence-corrected chi connectivity index (χ2v) is 8.38. The Morgan fingerprint density at radius 3 is 2.45 bits per heavy atom. The molecule has 5 aromatic rings. The molecule has 0 radical (unpaired) electrons. The molecule has 0 aliphatic rings. The summed E-state index contributed by atoms with van der Waals surface area (Å²) in [5.74, 6) is -0.258. The van der Waals surface area contributed by atoms with Gasteiger partial charge in [0.1, 0.15) is 11.8 Å². The summed E-state index contributed by atoms with van der Waals surface area (Å²) in [6, 6.07) is 6.01. The molecule has 1 atom stereocenters. The van der Waals surface area contributed by atoms with Crippen molar-refractivity contribution in [2.45, 2.75) is 25.3 Å². The molecule has 1 aromatic carbocycles. The molecule has 2 N–H and O–H groups in total. The van der Waals surface area contributed by atoms with Crippen LogP contribution in [0.15, 0.2) is 66.0 Å². The predicted octanol–water partition coefficient (Wildman–Crippen LogP) is 5.97. The number of benzene rings is 1. The quantitative estimate of drug-likeness (QED) is 0.278. The second-order valence-electron chi connectivity index (χ2n) is 8.38. The van der Waals surface area contributed by atoms with Crippen molar-refractivity contribution in [1.82, 2.24) is 24.9 Å². The van der Waals surface area contributed by atoms with Crippen molar-refractivity contribution in [1.29, 1.82) is 0 Å². The van der Waals surface area contributed by atoms with Gasteiger partial charge < -0.3 is 10.3 Å². The number of H-pyrrole nitrogens is 1. The van der Waals surface area contributed by atoms with Gasteiger partial charge in [0.2, 0.25) is 0 Å². The number of pyridine rings is 3. The Balaban J connectivity index is 1.83. The third kappa shape index (κ3) is 4.51. The first-order valence-corrected chi connectivity index (χ1v) is 11.0. The fraction of sp³-hybridized carbons (Fsp3) is 0.160. The fourth-order valence-electron chi connectivity index (χ4n) is 4.21. The average Bonchev–Trinajstić information content (AvgIpc) is 2.85. The van der Waals surface area contributed by atoms with Gasteiger partial charge in [0, 0.05) is 23.3 Å². The molecular weight excluding hydrogens is 514 g/mol. The van der Waals surface area contributed by atoms with E-state index < -0.39 is 46.3 Å². The number of fused-ring (bicyclic) bond motifs is 2. The monoisotopic (exact) mass is 530 g/mol. The van der Waals surface area contributed by atoms with E-state index in [1.807, 2.05) is 0 Å². The van der Waals surface area contributed by atoms with Crippen molar-refractivity contribution in [2.75, 3.05) is 5.32 Å². The number of nitrogens with zero attached hydrogens (tertiary/aromatic N) is 4. The maximum absolute atomic E-state index is 14.6. The zero-order valence-corrected chi connectivity index (χ0v) is 19.3. The fourth-order valence-corrected chi connectivity index (χ4v) is 4.21. The Hall–Kier alpha value is -4.55. The van der Waals surface area contributed by atoms with E-state index in [2.05, 4.69) is 30.2 Å². The zero-order valence-electron chi connectivity index (χ0n) is 19.3. The number of hydrogen-bond acceptors (Lipinski definition) is 6. The summed E-state index contributed by atoms with van der Waals surface area (Å²) in [5.41, 5.74) is -3.39. The van der Waals surface area contributed by atoms with Gasteiger partial charge in [-0.15, -0.1) is 0 Å². The molecule has 7 nitrogen and oxygen atoms in total. The molecule has 4 heterocycles. The van der Waals surface area contributed by atoms with E-state index >= 15 is 0 Å². The van der Waals surface area contributed by atoms with Crippen LogP contribution in [0.4, 0.5) is 32.2 Å². The Morgan fingerprint density at radius 1 is 0.947 bits per heavy atom. The van der Waals surface area contributed by atoms with Crippen molar-refractivity contribution in [3.63, 3.8) is 0 Å². The normalized spacial score (nSPS) is 13.1. The summed E-state index contributed by atoms with van der Waals surface area (Å²) in [6.07, 6.45) is -6.14. The number of alkyl halides is 6. The zero-order chi connectivity index (χ0) is 27.2. The van der Waals surface area contributed by atoms with Crippen molar-refractivity contribution in [3.8, 4) is 11.3 Å². The van der Waals surface area contributed by atoms with Gasteiger partial charge in [0.25, 0.3) is 5.56 Å². The van der Waals surface area contributed by atoms with E-state index in [1.54, 1.807) is 6.07 Å². The van der Waals surface area contributed by atoms with Gasteiger partial charge in [-0.3, -0.25) is 9.78 Å². The summed E-state index contributed by atoms with van der Waals surface area (Å²) in [5, 5.41) is 2.13. The van der Waals surface area contributed by atoms with Crippen LogP contribution in [0.3, 0.4) is 0 Å². The first-order valence-electron chi connectivity index (χ1n) is 11.0. The average molecular weight is 530 g/mol. The Morgan fingerprint density at radius 2 is 1.74 bits per heavy atom. The number of aromatic amines is 1. The lowest BCUT2D eigenvalue weighted by molar-refractivity contribution is -0.144. The van der Waals surface area contributed by atoms with Crippen LogP contribution in [0.5, 0.6) is 0 Å². The highest BCUT2D eigenvalue weighted by Gasteiger charge is 2.44. The van der Waals surface area contributed by atoms with Crippen LogP contribution in [-0.4, -0.2) is 31.1 Å². The number of hydrogen-bond donors (Lipinski definition) is 2. The van der Waals surface area contributed by atoms with E-state index in [0.29, 0.717) is 0 Å². The lowest BCUT2D eigenvalue weighted by Crippen LogP contribution is -2.30. The molecule has 0 bridgehead atoms. The van der Waals surface area contributed by atoms with E-state index in [0.717, 1.165) is 24.5 Å². The topological polar surface area (TPSA) is 96.5 Å². The summed E-state index contributed by atoms with van der Waals surface area (Å²) >= 11 is 0. The van der Waals surface area contributed by atoms with Crippen molar-refractivity contribution in [2.24, 2.45) is 0 Å². The highest BCUT2D eigenvalue weighted by molar-refractivity contribution is 5.88. The number of aryl methyl sites for hydroxylation is 1. The van der Waals surface area contributed by atoms with Crippen molar-refractivity contribution in [3.05, 3.63) is 88.2 Å². The highest BCUT2D eigenvalue weighted by Crippen LogP contribution is 2.42. The molecular formula is C25H16F6N6O. The van der Waals surface area contributed by atoms with Crippen molar-refractivity contribution >= 4 is 27.8 Å². The number of anilines is 1. The SMILES string of the molecule is Cc1cc[nH]c(=O)c1-c1nc2c(C(F)(F)F)cccc2cc1[C@@H](Nc1ncnc2cccnc12)C(F)(F)F. The molecule has 0 fully saturated rings. The van der Waals surface area contributed by atoms with E-state index in [1.165, 1.54) is 37.5 Å². The first-order chi connectivity index (χ1) is 17.9. The van der Waals surface area contributed by atoms with Gasteiger partial charge >= 0.3 is 12.4 Å².